The van der Waals surface area contributed by atoms with Gasteiger partial charge in [-0.15, -0.1) is 0 Å². The van der Waals surface area contributed by atoms with Crippen LogP contribution in [-0.2, 0) is 17.8 Å². The van der Waals surface area contributed by atoms with Gasteiger partial charge >= 0.3 is 0 Å². The normalized spacial score (nSPS) is 10.4. The molecule has 0 unspecified atom stereocenters. The van der Waals surface area contributed by atoms with E-state index < -0.39 is 0 Å². The van der Waals surface area contributed by atoms with E-state index in [1.54, 1.807) is 29.2 Å². The first kappa shape index (κ1) is 19.6. The predicted octanol–water partition coefficient (Wildman–Crippen LogP) is 3.56. The summed E-state index contributed by atoms with van der Waals surface area (Å²) in [7, 11) is 0. The van der Waals surface area contributed by atoms with Crippen LogP contribution < -0.4 is 5.32 Å². The average Bonchev–Trinajstić information content (AvgIpc) is 2.67. The van der Waals surface area contributed by atoms with Gasteiger partial charge in [-0.05, 0) is 55.7 Å². The van der Waals surface area contributed by atoms with E-state index in [0.717, 1.165) is 11.1 Å². The highest BCUT2D eigenvalue weighted by Gasteiger charge is 2.12. The van der Waals surface area contributed by atoms with Gasteiger partial charge in [0.2, 0.25) is 5.91 Å². The molecule has 0 saturated heterocycles. The Morgan fingerprint density at radius 3 is 2.08 bits per heavy atom. The van der Waals surface area contributed by atoms with Crippen molar-refractivity contribution in [2.75, 3.05) is 13.1 Å². The molecular weight excluding hydrogens is 331 g/mol. The third-order valence-corrected chi connectivity index (χ3v) is 4.30. The van der Waals surface area contributed by atoms with Gasteiger partial charge in [0.15, 0.2) is 0 Å². The van der Waals surface area contributed by atoms with Crippen molar-refractivity contribution in [3.63, 3.8) is 0 Å². The van der Waals surface area contributed by atoms with Crippen LogP contribution in [0, 0.1) is 5.82 Å². The standard InChI is InChI=1S/C21H25FN2O2/c1-3-24(4-2)21(26)18-10-5-17(6-11-18)15-23-20(25)14-9-16-7-12-19(22)13-8-16/h5-8,10-13H,3-4,9,14-15H2,1-2H3,(H,23,25). The molecule has 4 nitrogen and oxygen atoms in total. The Labute approximate surface area is 154 Å². The van der Waals surface area contributed by atoms with Crippen molar-refractivity contribution in [1.82, 2.24) is 10.2 Å². The van der Waals surface area contributed by atoms with E-state index in [1.807, 2.05) is 26.0 Å². The van der Waals surface area contributed by atoms with Crippen LogP contribution in [0.4, 0.5) is 4.39 Å². The number of carbonyl (C=O) groups is 2. The van der Waals surface area contributed by atoms with Crippen molar-refractivity contribution >= 4 is 11.8 Å². The molecule has 0 radical (unpaired) electrons. The number of rotatable bonds is 8. The zero-order valence-corrected chi connectivity index (χ0v) is 15.3. The molecule has 0 aliphatic rings. The third kappa shape index (κ3) is 5.69. The van der Waals surface area contributed by atoms with Crippen LogP contribution in [0.3, 0.4) is 0 Å². The Hall–Kier alpha value is -2.69. The van der Waals surface area contributed by atoms with Crippen LogP contribution in [0.2, 0.25) is 0 Å². The number of nitrogens with zero attached hydrogens (tertiary/aromatic N) is 1. The summed E-state index contributed by atoms with van der Waals surface area (Å²) in [6.45, 7) is 5.69. The van der Waals surface area contributed by atoms with Gasteiger partial charge in [0.1, 0.15) is 5.82 Å². The first-order valence-corrected chi connectivity index (χ1v) is 8.92. The number of amides is 2. The largest absolute Gasteiger partial charge is 0.352 e. The maximum Gasteiger partial charge on any atom is 0.253 e. The van der Waals surface area contributed by atoms with Crippen molar-refractivity contribution in [1.29, 1.82) is 0 Å². The van der Waals surface area contributed by atoms with Crippen LogP contribution in [0.1, 0.15) is 41.8 Å². The molecule has 0 bridgehead atoms. The van der Waals surface area contributed by atoms with Gasteiger partial charge in [0, 0.05) is 31.6 Å². The highest BCUT2D eigenvalue weighted by atomic mass is 19.1. The predicted molar refractivity (Wildman–Crippen MR) is 100 cm³/mol. The summed E-state index contributed by atoms with van der Waals surface area (Å²) in [4.78, 5) is 26.0. The first-order valence-electron chi connectivity index (χ1n) is 8.92. The molecule has 138 valence electrons. The summed E-state index contributed by atoms with van der Waals surface area (Å²) in [6.07, 6.45) is 0.924. The molecule has 2 aromatic rings. The summed E-state index contributed by atoms with van der Waals surface area (Å²) in [5.41, 5.74) is 2.53. The molecule has 26 heavy (non-hydrogen) atoms. The molecule has 2 aromatic carbocycles. The highest BCUT2D eigenvalue weighted by Crippen LogP contribution is 2.09. The van der Waals surface area contributed by atoms with E-state index in [0.29, 0.717) is 38.0 Å². The Balaban J connectivity index is 1.80. The van der Waals surface area contributed by atoms with Crippen LogP contribution >= 0.6 is 0 Å². The van der Waals surface area contributed by atoms with Crippen molar-refractivity contribution in [3.8, 4) is 0 Å². The Morgan fingerprint density at radius 1 is 0.923 bits per heavy atom. The second kappa shape index (κ2) is 9.70. The summed E-state index contributed by atoms with van der Waals surface area (Å²) < 4.78 is 12.9. The lowest BCUT2D eigenvalue weighted by Gasteiger charge is -2.18. The Bertz CT molecular complexity index is 723. The second-order valence-electron chi connectivity index (χ2n) is 6.08. The maximum absolute atomic E-state index is 12.9. The molecular formula is C21H25FN2O2. The number of aryl methyl sites for hydroxylation is 1. The molecule has 0 aromatic heterocycles. The zero-order valence-electron chi connectivity index (χ0n) is 15.3. The fraction of sp³-hybridized carbons (Fsp3) is 0.333. The summed E-state index contributed by atoms with van der Waals surface area (Å²) >= 11 is 0. The fourth-order valence-electron chi connectivity index (χ4n) is 2.66. The van der Waals surface area contributed by atoms with Crippen LogP contribution in [0.15, 0.2) is 48.5 Å². The Morgan fingerprint density at radius 2 is 1.50 bits per heavy atom. The summed E-state index contributed by atoms with van der Waals surface area (Å²) in [5.74, 6) is -0.316. The summed E-state index contributed by atoms with van der Waals surface area (Å²) in [5, 5.41) is 2.87. The molecule has 2 amide bonds. The molecule has 0 aliphatic heterocycles. The minimum absolute atomic E-state index is 0.0184. The monoisotopic (exact) mass is 356 g/mol. The van der Waals surface area contributed by atoms with Crippen molar-refractivity contribution in [3.05, 3.63) is 71.0 Å². The van der Waals surface area contributed by atoms with Gasteiger partial charge in [-0.25, -0.2) is 4.39 Å². The van der Waals surface area contributed by atoms with Crippen molar-refractivity contribution in [2.24, 2.45) is 0 Å². The van der Waals surface area contributed by atoms with Gasteiger partial charge in [-0.3, -0.25) is 9.59 Å². The molecule has 5 heteroatoms. The average molecular weight is 356 g/mol. The summed E-state index contributed by atoms with van der Waals surface area (Å²) in [6, 6.07) is 13.5. The lowest BCUT2D eigenvalue weighted by atomic mass is 10.1. The number of halogens is 1. The third-order valence-electron chi connectivity index (χ3n) is 4.30. The van der Waals surface area contributed by atoms with Gasteiger partial charge in [-0.1, -0.05) is 24.3 Å². The molecule has 0 spiro atoms. The van der Waals surface area contributed by atoms with Crippen LogP contribution in [0.5, 0.6) is 0 Å². The van der Waals surface area contributed by atoms with Crippen LogP contribution in [0.25, 0.3) is 0 Å². The number of benzene rings is 2. The van der Waals surface area contributed by atoms with Gasteiger partial charge in [-0.2, -0.15) is 0 Å². The SMILES string of the molecule is CCN(CC)C(=O)c1ccc(CNC(=O)CCc2ccc(F)cc2)cc1. The van der Waals surface area contributed by atoms with E-state index in [1.165, 1.54) is 12.1 Å². The smallest absolute Gasteiger partial charge is 0.253 e. The number of carbonyl (C=O) groups excluding carboxylic acids is 2. The lowest BCUT2D eigenvalue weighted by molar-refractivity contribution is -0.121. The van der Waals surface area contributed by atoms with E-state index in [-0.39, 0.29) is 17.6 Å². The van der Waals surface area contributed by atoms with E-state index in [9.17, 15) is 14.0 Å². The number of nitrogens with one attached hydrogen (secondary N) is 1. The van der Waals surface area contributed by atoms with Crippen molar-refractivity contribution < 1.29 is 14.0 Å². The lowest BCUT2D eigenvalue weighted by Crippen LogP contribution is -2.30. The van der Waals surface area contributed by atoms with E-state index in [2.05, 4.69) is 5.32 Å². The minimum atomic E-state index is -0.277. The van der Waals surface area contributed by atoms with E-state index >= 15 is 0 Å². The highest BCUT2D eigenvalue weighted by molar-refractivity contribution is 5.94. The number of hydrogen-bond donors (Lipinski definition) is 1. The minimum Gasteiger partial charge on any atom is -0.352 e. The molecule has 0 atom stereocenters. The maximum atomic E-state index is 12.9. The second-order valence-corrected chi connectivity index (χ2v) is 6.08. The molecule has 0 saturated carbocycles. The molecule has 0 aliphatic carbocycles. The fourth-order valence-corrected chi connectivity index (χ4v) is 2.66. The zero-order chi connectivity index (χ0) is 18.9. The number of hydrogen-bond acceptors (Lipinski definition) is 2. The van der Waals surface area contributed by atoms with Gasteiger partial charge in [0.25, 0.3) is 5.91 Å². The van der Waals surface area contributed by atoms with Crippen molar-refractivity contribution in [2.45, 2.75) is 33.2 Å². The van der Waals surface area contributed by atoms with Gasteiger partial charge < -0.3 is 10.2 Å². The molecule has 0 fully saturated rings. The molecule has 0 heterocycles. The van der Waals surface area contributed by atoms with Crippen LogP contribution in [-0.4, -0.2) is 29.8 Å². The Kier molecular flexibility index (Phi) is 7.33. The first-order chi connectivity index (χ1) is 12.5. The van der Waals surface area contributed by atoms with E-state index in [4.69, 9.17) is 0 Å². The molecule has 2 rings (SSSR count). The molecule has 1 N–H and O–H groups in total. The topological polar surface area (TPSA) is 49.4 Å². The van der Waals surface area contributed by atoms with Gasteiger partial charge in [0.05, 0.1) is 0 Å². The quantitative estimate of drug-likeness (QED) is 0.786.